The summed E-state index contributed by atoms with van der Waals surface area (Å²) in [5.41, 5.74) is 1.08. The van der Waals surface area contributed by atoms with Crippen LogP contribution in [0.2, 0.25) is 0 Å². The van der Waals surface area contributed by atoms with Crippen molar-refractivity contribution >= 4 is 11.9 Å². The number of likely N-dealkylation sites (tertiary alicyclic amines) is 2. The Morgan fingerprint density at radius 2 is 1.90 bits per heavy atom. The van der Waals surface area contributed by atoms with E-state index in [4.69, 9.17) is 0 Å². The molecular formula is C20H24F2N6O2. The predicted molar refractivity (Wildman–Crippen MR) is 104 cm³/mol. The Morgan fingerprint density at radius 1 is 1.17 bits per heavy atom. The van der Waals surface area contributed by atoms with Gasteiger partial charge in [0.05, 0.1) is 25.3 Å². The van der Waals surface area contributed by atoms with Crippen molar-refractivity contribution in [3.05, 3.63) is 47.8 Å². The number of rotatable bonds is 5. The molecule has 1 atom stereocenters. The number of nitrogens with one attached hydrogen (secondary N) is 1. The summed E-state index contributed by atoms with van der Waals surface area (Å²) >= 11 is 0. The summed E-state index contributed by atoms with van der Waals surface area (Å²) < 4.78 is 29.5. The van der Waals surface area contributed by atoms with Gasteiger partial charge in [0.15, 0.2) is 5.69 Å². The summed E-state index contributed by atoms with van der Waals surface area (Å²) in [6.07, 6.45) is 2.94. The van der Waals surface area contributed by atoms with E-state index in [0.717, 1.165) is 23.3 Å². The molecule has 3 heterocycles. The normalized spacial score (nSPS) is 20.5. The molecule has 4 rings (SSSR count). The second-order valence-corrected chi connectivity index (χ2v) is 7.81. The highest BCUT2D eigenvalue weighted by Crippen LogP contribution is 2.32. The zero-order valence-corrected chi connectivity index (χ0v) is 16.5. The van der Waals surface area contributed by atoms with E-state index < -0.39 is 31.0 Å². The van der Waals surface area contributed by atoms with Crippen LogP contribution < -0.4 is 5.32 Å². The Balaban J connectivity index is 1.40. The lowest BCUT2D eigenvalue weighted by atomic mass is 10.2. The van der Waals surface area contributed by atoms with Crippen molar-refractivity contribution < 1.29 is 18.4 Å². The van der Waals surface area contributed by atoms with Crippen molar-refractivity contribution in [3.8, 4) is 0 Å². The Labute approximate surface area is 172 Å². The summed E-state index contributed by atoms with van der Waals surface area (Å²) in [4.78, 5) is 27.8. The van der Waals surface area contributed by atoms with Crippen molar-refractivity contribution in [1.82, 2.24) is 30.1 Å². The van der Waals surface area contributed by atoms with Crippen LogP contribution in [0.3, 0.4) is 0 Å². The summed E-state index contributed by atoms with van der Waals surface area (Å²) in [6, 6.07) is 7.97. The van der Waals surface area contributed by atoms with Crippen molar-refractivity contribution in [2.75, 3.05) is 19.6 Å². The predicted octanol–water partition coefficient (Wildman–Crippen LogP) is 2.13. The third-order valence-corrected chi connectivity index (χ3v) is 5.47. The number of hydrogen-bond acceptors (Lipinski definition) is 4. The van der Waals surface area contributed by atoms with Gasteiger partial charge >= 0.3 is 6.03 Å². The number of carbonyl (C=O) groups excluding carboxylic acids is 2. The third kappa shape index (κ3) is 4.58. The third-order valence-electron chi connectivity index (χ3n) is 5.47. The van der Waals surface area contributed by atoms with Crippen LogP contribution in [0.15, 0.2) is 36.5 Å². The molecule has 2 aromatic rings. The maximum absolute atomic E-state index is 14.1. The van der Waals surface area contributed by atoms with Crippen molar-refractivity contribution in [3.63, 3.8) is 0 Å². The average molecular weight is 418 g/mol. The molecule has 0 bridgehead atoms. The molecule has 8 nitrogen and oxygen atoms in total. The molecule has 2 aliphatic rings. The van der Waals surface area contributed by atoms with Crippen molar-refractivity contribution in [1.29, 1.82) is 0 Å². The molecule has 0 radical (unpaired) electrons. The topological polar surface area (TPSA) is 83.4 Å². The van der Waals surface area contributed by atoms with Gasteiger partial charge in [-0.2, -0.15) is 0 Å². The van der Waals surface area contributed by atoms with Gasteiger partial charge in [0, 0.05) is 26.1 Å². The molecule has 0 aliphatic carbocycles. The molecule has 1 aromatic heterocycles. The molecule has 1 N–H and O–H groups in total. The quantitative estimate of drug-likeness (QED) is 0.807. The van der Waals surface area contributed by atoms with E-state index in [1.165, 1.54) is 10.9 Å². The Kier molecular flexibility index (Phi) is 5.65. The number of hydrogen-bond donors (Lipinski definition) is 1. The zero-order chi connectivity index (χ0) is 21.1. The van der Waals surface area contributed by atoms with Crippen LogP contribution in [0, 0.1) is 0 Å². The molecule has 3 amide bonds. The van der Waals surface area contributed by atoms with Gasteiger partial charge in [0.25, 0.3) is 11.8 Å². The van der Waals surface area contributed by atoms with Crippen molar-refractivity contribution in [2.24, 2.45) is 0 Å². The molecule has 2 aliphatic heterocycles. The highest BCUT2D eigenvalue weighted by molar-refractivity contribution is 5.92. The van der Waals surface area contributed by atoms with Crippen LogP contribution >= 0.6 is 0 Å². The minimum atomic E-state index is -2.97. The smallest absolute Gasteiger partial charge is 0.318 e. The molecule has 160 valence electrons. The fourth-order valence-corrected chi connectivity index (χ4v) is 3.96. The number of aromatic nitrogens is 3. The molecule has 0 spiro atoms. The zero-order valence-electron chi connectivity index (χ0n) is 16.5. The molecule has 0 unspecified atom stereocenters. The summed E-state index contributed by atoms with van der Waals surface area (Å²) in [7, 11) is 0. The highest BCUT2D eigenvalue weighted by Gasteiger charge is 2.47. The first-order chi connectivity index (χ1) is 14.4. The lowest BCUT2D eigenvalue weighted by molar-refractivity contribution is 0.0145. The van der Waals surface area contributed by atoms with Gasteiger partial charge in [-0.25, -0.2) is 18.3 Å². The fraction of sp³-hybridized carbons (Fsp3) is 0.500. The molecule has 1 aromatic carbocycles. The number of carbonyl (C=O) groups is 2. The SMILES string of the molecule is O=C(c1cn(C[C@@H]2CC(F)(F)CN2C(=O)NCc2ccccc2)nn1)N1CCCC1. The van der Waals surface area contributed by atoms with E-state index in [1.54, 1.807) is 4.90 Å². The lowest BCUT2D eigenvalue weighted by Crippen LogP contribution is -2.44. The van der Waals surface area contributed by atoms with Crippen LogP contribution in [-0.4, -0.2) is 68.3 Å². The first-order valence-corrected chi connectivity index (χ1v) is 10.1. The Bertz CT molecular complexity index is 898. The molecule has 30 heavy (non-hydrogen) atoms. The second-order valence-electron chi connectivity index (χ2n) is 7.81. The number of amides is 3. The maximum atomic E-state index is 14.1. The van der Waals surface area contributed by atoms with E-state index in [9.17, 15) is 18.4 Å². The van der Waals surface area contributed by atoms with Crippen LogP contribution in [0.25, 0.3) is 0 Å². The first kappa shape index (κ1) is 20.2. The number of alkyl halides is 2. The standard InChI is InChI=1S/C20H24F2N6O2/c21-20(22)10-16(28(14-20)19(30)23-11-15-6-2-1-3-7-15)12-27-13-17(24-25-27)18(29)26-8-4-5-9-26/h1-3,6-7,13,16H,4-5,8-12,14H2,(H,23,30)/t16-/m0/s1. The van der Waals surface area contributed by atoms with E-state index in [1.807, 2.05) is 30.3 Å². The van der Waals surface area contributed by atoms with Crippen molar-refractivity contribution in [2.45, 2.75) is 44.3 Å². The van der Waals surface area contributed by atoms with Gasteiger partial charge in [-0.3, -0.25) is 4.79 Å². The molecular weight excluding hydrogens is 394 g/mol. The molecule has 10 heteroatoms. The maximum Gasteiger partial charge on any atom is 0.318 e. The van der Waals surface area contributed by atoms with Crippen LogP contribution in [0.5, 0.6) is 0 Å². The minimum Gasteiger partial charge on any atom is -0.337 e. The van der Waals surface area contributed by atoms with Gasteiger partial charge in [-0.1, -0.05) is 35.5 Å². The second kappa shape index (κ2) is 8.37. The number of urea groups is 1. The van der Waals surface area contributed by atoms with Gasteiger partial charge in [-0.05, 0) is 18.4 Å². The Hall–Kier alpha value is -3.04. The largest absolute Gasteiger partial charge is 0.337 e. The van der Waals surface area contributed by atoms with Crippen LogP contribution in [0.1, 0.15) is 35.3 Å². The van der Waals surface area contributed by atoms with E-state index in [0.29, 0.717) is 13.1 Å². The van der Waals surface area contributed by atoms with Gasteiger partial charge in [0.1, 0.15) is 0 Å². The minimum absolute atomic E-state index is 0.0502. The van der Waals surface area contributed by atoms with Gasteiger partial charge in [0.2, 0.25) is 0 Å². The fourth-order valence-electron chi connectivity index (χ4n) is 3.96. The van der Waals surface area contributed by atoms with Gasteiger partial charge in [-0.15, -0.1) is 5.10 Å². The van der Waals surface area contributed by atoms with E-state index >= 15 is 0 Å². The van der Waals surface area contributed by atoms with Gasteiger partial charge < -0.3 is 15.1 Å². The summed E-state index contributed by atoms with van der Waals surface area (Å²) in [5, 5.41) is 10.5. The molecule has 2 saturated heterocycles. The van der Waals surface area contributed by atoms with E-state index in [2.05, 4.69) is 15.6 Å². The number of benzene rings is 1. The average Bonchev–Trinajstić information content (AvgIpc) is 3.47. The number of nitrogens with zero attached hydrogens (tertiary/aromatic N) is 5. The first-order valence-electron chi connectivity index (χ1n) is 10.1. The Morgan fingerprint density at radius 3 is 2.63 bits per heavy atom. The lowest BCUT2D eigenvalue weighted by Gasteiger charge is -2.24. The molecule has 2 fully saturated rings. The molecule has 0 saturated carbocycles. The van der Waals surface area contributed by atoms with Crippen LogP contribution in [0.4, 0.5) is 13.6 Å². The van der Waals surface area contributed by atoms with Crippen LogP contribution in [-0.2, 0) is 13.1 Å². The monoisotopic (exact) mass is 418 g/mol. The highest BCUT2D eigenvalue weighted by atomic mass is 19.3. The summed E-state index contributed by atoms with van der Waals surface area (Å²) in [6.45, 7) is 1.04. The number of halogens is 2. The summed E-state index contributed by atoms with van der Waals surface area (Å²) in [5.74, 6) is -3.17. The van der Waals surface area contributed by atoms with E-state index in [-0.39, 0.29) is 24.7 Å².